The minimum atomic E-state index is -2.78. The van der Waals surface area contributed by atoms with Crippen LogP contribution in [0.2, 0.25) is 0 Å². The van der Waals surface area contributed by atoms with Gasteiger partial charge in [0, 0.05) is 22.3 Å². The number of allylic oxidation sites excluding steroid dienone is 5. The van der Waals surface area contributed by atoms with Gasteiger partial charge >= 0.3 is 0 Å². The zero-order chi connectivity index (χ0) is 29.3. The number of fused-ring (bicyclic) bond motifs is 3. The third-order valence-electron chi connectivity index (χ3n) is 9.44. The van der Waals surface area contributed by atoms with E-state index in [1.54, 1.807) is 0 Å². The molecule has 2 aliphatic rings. The Hall–Kier alpha value is -4.92. The second-order valence-corrected chi connectivity index (χ2v) is 15.6. The third-order valence-corrected chi connectivity index (χ3v) is 14.3. The molecule has 0 bridgehead atoms. The van der Waals surface area contributed by atoms with Crippen LogP contribution in [0.1, 0.15) is 30.5 Å². The molecule has 0 amide bonds. The molecular formula is C42H35NSi. The van der Waals surface area contributed by atoms with Gasteiger partial charge in [-0.2, -0.15) is 0 Å². The normalized spacial score (nSPS) is 14.4. The first kappa shape index (κ1) is 26.7. The maximum absolute atomic E-state index is 2.78. The molecule has 0 saturated carbocycles. The summed E-state index contributed by atoms with van der Waals surface area (Å²) >= 11 is 0. The van der Waals surface area contributed by atoms with E-state index in [0.717, 1.165) is 25.7 Å². The predicted octanol–water partition coefficient (Wildman–Crippen LogP) is 7.84. The fraction of sp³-hybridized carbons (Fsp3) is 0.0952. The number of hydrogen-bond acceptors (Lipinski definition) is 0. The molecular weight excluding hydrogens is 547 g/mol. The highest BCUT2D eigenvalue weighted by Crippen LogP contribution is 2.35. The van der Waals surface area contributed by atoms with Gasteiger partial charge in [-0.25, -0.2) is 0 Å². The molecule has 44 heavy (non-hydrogen) atoms. The van der Waals surface area contributed by atoms with Gasteiger partial charge in [0.1, 0.15) is 0 Å². The van der Waals surface area contributed by atoms with Gasteiger partial charge in [-0.3, -0.25) is 0 Å². The van der Waals surface area contributed by atoms with E-state index in [-0.39, 0.29) is 0 Å². The Labute approximate surface area is 261 Å². The van der Waals surface area contributed by atoms with Crippen molar-refractivity contribution < 1.29 is 0 Å². The van der Waals surface area contributed by atoms with Crippen molar-refractivity contribution in [1.82, 2.24) is 4.57 Å². The van der Waals surface area contributed by atoms with Gasteiger partial charge in [-0.15, -0.1) is 0 Å². The molecule has 212 valence electrons. The minimum absolute atomic E-state index is 1.07. The molecule has 6 aromatic rings. The molecule has 0 N–H and O–H groups in total. The molecule has 0 spiro atoms. The Kier molecular flexibility index (Phi) is 6.85. The van der Waals surface area contributed by atoms with Crippen LogP contribution in [0.25, 0.3) is 33.8 Å². The van der Waals surface area contributed by atoms with Crippen molar-refractivity contribution >= 4 is 51.5 Å². The summed E-state index contributed by atoms with van der Waals surface area (Å²) in [6.45, 7) is 0. The molecule has 1 aromatic heterocycles. The van der Waals surface area contributed by atoms with E-state index in [1.165, 1.54) is 59.7 Å². The van der Waals surface area contributed by atoms with Crippen LogP contribution in [0, 0.1) is 0 Å². The summed E-state index contributed by atoms with van der Waals surface area (Å²) < 4.78 is 2.54. The minimum Gasteiger partial charge on any atom is -0.313 e. The first-order valence-electron chi connectivity index (χ1n) is 15.8. The summed E-state index contributed by atoms with van der Waals surface area (Å²) in [4.78, 5) is 0. The summed E-state index contributed by atoms with van der Waals surface area (Å²) in [6.07, 6.45) is 16.2. The van der Waals surface area contributed by atoms with Crippen LogP contribution in [0.15, 0.2) is 158 Å². The van der Waals surface area contributed by atoms with Crippen LogP contribution < -0.4 is 20.7 Å². The summed E-state index contributed by atoms with van der Waals surface area (Å²) in [5, 5.41) is 6.99. The molecule has 0 radical (unpaired) electrons. The first-order chi connectivity index (χ1) is 21.9. The standard InChI is InChI=1S/C42H35NSi/c1-5-17-32(18-6-1)37-25-14-16-28-42(37)44(34-21-9-3-10-22-34,35-23-11-4-12-24-35)36-29-30-41-39(31-36)38-26-13-15-27-40(38)43(41)33-19-7-2-8-20-33/h1,3-7,9-14,16-26,28-31H,2,8,15,27H2. The van der Waals surface area contributed by atoms with E-state index in [0.29, 0.717) is 0 Å². The number of hydrogen-bond donors (Lipinski definition) is 0. The molecule has 0 unspecified atom stereocenters. The van der Waals surface area contributed by atoms with Crippen molar-refractivity contribution in [3.8, 4) is 11.1 Å². The first-order valence-corrected chi connectivity index (χ1v) is 17.8. The smallest absolute Gasteiger partial charge is 0.180 e. The molecule has 0 fully saturated rings. The van der Waals surface area contributed by atoms with Gasteiger partial charge in [0.05, 0.1) is 5.52 Å². The van der Waals surface area contributed by atoms with E-state index in [2.05, 4.69) is 168 Å². The van der Waals surface area contributed by atoms with E-state index in [1.807, 2.05) is 0 Å². The van der Waals surface area contributed by atoms with E-state index in [9.17, 15) is 0 Å². The second kappa shape index (κ2) is 11.3. The zero-order valence-corrected chi connectivity index (χ0v) is 25.9. The topological polar surface area (TPSA) is 4.93 Å². The molecule has 5 aromatic carbocycles. The second-order valence-electron chi connectivity index (χ2n) is 11.9. The molecule has 1 nitrogen and oxygen atoms in total. The van der Waals surface area contributed by atoms with Crippen LogP contribution in [-0.2, 0) is 6.42 Å². The van der Waals surface area contributed by atoms with E-state index < -0.39 is 8.07 Å². The van der Waals surface area contributed by atoms with Crippen molar-refractivity contribution in [1.29, 1.82) is 0 Å². The van der Waals surface area contributed by atoms with E-state index in [4.69, 9.17) is 0 Å². The Morgan fingerprint density at radius 2 is 1.20 bits per heavy atom. The molecule has 1 heterocycles. The van der Waals surface area contributed by atoms with Gasteiger partial charge < -0.3 is 4.57 Å². The molecule has 0 atom stereocenters. The van der Waals surface area contributed by atoms with Crippen LogP contribution in [0.5, 0.6) is 0 Å². The average molecular weight is 582 g/mol. The van der Waals surface area contributed by atoms with Gasteiger partial charge in [0.25, 0.3) is 0 Å². The number of nitrogens with zero attached hydrogens (tertiary/aromatic N) is 1. The third kappa shape index (κ3) is 4.29. The monoisotopic (exact) mass is 581 g/mol. The van der Waals surface area contributed by atoms with Crippen LogP contribution >= 0.6 is 0 Å². The van der Waals surface area contributed by atoms with Crippen LogP contribution in [-0.4, -0.2) is 12.6 Å². The lowest BCUT2D eigenvalue weighted by Crippen LogP contribution is -2.75. The largest absolute Gasteiger partial charge is 0.313 e. The van der Waals surface area contributed by atoms with E-state index >= 15 is 0 Å². The number of aromatic nitrogens is 1. The van der Waals surface area contributed by atoms with Crippen LogP contribution in [0.3, 0.4) is 0 Å². The van der Waals surface area contributed by atoms with Crippen molar-refractivity contribution in [3.05, 3.63) is 169 Å². The van der Waals surface area contributed by atoms with Gasteiger partial charge in [0.2, 0.25) is 0 Å². The van der Waals surface area contributed by atoms with Crippen molar-refractivity contribution in [2.45, 2.75) is 25.7 Å². The highest BCUT2D eigenvalue weighted by molar-refractivity contribution is 7.20. The van der Waals surface area contributed by atoms with Crippen molar-refractivity contribution in [2.75, 3.05) is 0 Å². The number of rotatable bonds is 6. The zero-order valence-electron chi connectivity index (χ0n) is 24.9. The summed E-state index contributed by atoms with van der Waals surface area (Å²) in [7, 11) is -2.78. The van der Waals surface area contributed by atoms with Gasteiger partial charge in [0.15, 0.2) is 8.07 Å². The summed E-state index contributed by atoms with van der Waals surface area (Å²) in [5.41, 5.74) is 8.01. The summed E-state index contributed by atoms with van der Waals surface area (Å²) in [5.74, 6) is 0. The highest BCUT2D eigenvalue weighted by Gasteiger charge is 2.43. The molecule has 2 aliphatic carbocycles. The molecule has 2 heteroatoms. The quantitative estimate of drug-likeness (QED) is 0.140. The maximum Gasteiger partial charge on any atom is 0.180 e. The fourth-order valence-electron chi connectivity index (χ4n) is 7.54. The highest BCUT2D eigenvalue weighted by atomic mass is 28.3. The SMILES string of the molecule is C1=CC(n2c3c(c4cc([Si](c5ccccc5)(c5ccccc5)c5ccccc5-c5ccccc5)ccc42)C=CCC3)=CCC1. The lowest BCUT2D eigenvalue weighted by atomic mass is 10.0. The fourth-order valence-corrected chi connectivity index (χ4v) is 12.5. The van der Waals surface area contributed by atoms with Gasteiger partial charge in [-0.05, 0) is 69.7 Å². The lowest BCUT2D eigenvalue weighted by molar-refractivity contribution is 0.892. The molecule has 0 aliphatic heterocycles. The Morgan fingerprint density at radius 1 is 0.545 bits per heavy atom. The predicted molar refractivity (Wildman–Crippen MR) is 191 cm³/mol. The average Bonchev–Trinajstić information content (AvgIpc) is 3.44. The maximum atomic E-state index is 2.56. The van der Waals surface area contributed by atoms with Gasteiger partial charge in [-0.1, -0.05) is 152 Å². The lowest BCUT2D eigenvalue weighted by Gasteiger charge is -2.36. The number of benzene rings is 5. The Morgan fingerprint density at radius 3 is 1.91 bits per heavy atom. The van der Waals surface area contributed by atoms with Crippen molar-refractivity contribution in [2.24, 2.45) is 0 Å². The Bertz CT molecular complexity index is 2010. The molecule has 8 rings (SSSR count). The molecule has 0 saturated heterocycles. The van der Waals surface area contributed by atoms with Crippen molar-refractivity contribution in [3.63, 3.8) is 0 Å². The summed E-state index contributed by atoms with van der Waals surface area (Å²) in [6, 6.07) is 50.1. The van der Waals surface area contributed by atoms with Crippen LogP contribution in [0.4, 0.5) is 0 Å². The Balaban J connectivity index is 1.49.